The van der Waals surface area contributed by atoms with E-state index in [1.165, 1.54) is 23.0 Å². The molecule has 4 amide bonds. The second-order valence-corrected chi connectivity index (χ2v) is 16.6. The topological polar surface area (TPSA) is 290 Å². The second-order valence-electron chi connectivity index (χ2n) is 15.4. The van der Waals surface area contributed by atoms with E-state index >= 15 is 0 Å². The zero-order chi connectivity index (χ0) is 45.4. The Morgan fingerprint density at radius 2 is 1.61 bits per heavy atom. The van der Waals surface area contributed by atoms with Crippen LogP contribution < -0.4 is 16.4 Å². The van der Waals surface area contributed by atoms with E-state index in [2.05, 4.69) is 37.3 Å². The Morgan fingerprint density at radius 1 is 0.918 bits per heavy atom. The van der Waals surface area contributed by atoms with E-state index in [0.717, 1.165) is 32.6 Å². The van der Waals surface area contributed by atoms with E-state index in [4.69, 9.17) is 25.0 Å². The number of amides is 4. The number of phosphoric acid groups is 1. The van der Waals surface area contributed by atoms with Crippen molar-refractivity contribution in [2.24, 2.45) is 23.5 Å². The number of imidazole rings is 1. The Morgan fingerprint density at radius 3 is 2.21 bits per heavy atom. The Balaban J connectivity index is 2.18. The van der Waals surface area contributed by atoms with Crippen molar-refractivity contribution in [3.8, 4) is 0 Å². The summed E-state index contributed by atoms with van der Waals surface area (Å²) in [7, 11) is -3.52. The molecular formula is C41H65N6O13P. The maximum atomic E-state index is 14.0. The van der Waals surface area contributed by atoms with Crippen molar-refractivity contribution in [3.63, 3.8) is 0 Å². The molecule has 2 aromatic rings. The standard InChI is InChI=1S/C41H65N6O13P/c1-28(2)20-34(45-38(51)25-47(39(52)15-17-59-19-18-58-4)16-11-6-5-8-12-30-13-9-7-10-14-30)36(49)22-31(21-32-24-43-27-44-32)41(54)46-35(26-48)37(50)23-33(40(42)53)29(3)60-61(55,56)57/h7,9-10,13-14,24,27-29,31,33-35,48H,5-6,8,11-12,15-23,25-26H2,1-4H3,(H2,42,53)(H,43,44)(H,45,51)(H,46,54)(H2,55,56,57)/t29-,31-,33+,34+,35+/m1/s1. The first kappa shape index (κ1) is 52.8. The number of aromatic amines is 1. The molecule has 19 nitrogen and oxygen atoms in total. The fourth-order valence-corrected chi connectivity index (χ4v) is 7.19. The number of aliphatic hydroxyl groups excluding tert-OH is 1. The van der Waals surface area contributed by atoms with Crippen LogP contribution in [0.25, 0.3) is 0 Å². The van der Waals surface area contributed by atoms with Crippen molar-refractivity contribution in [2.75, 3.05) is 46.6 Å². The Bertz CT molecular complexity index is 1690. The molecule has 0 spiro atoms. The number of aromatic nitrogens is 2. The number of carbonyl (C=O) groups is 6. The Hall–Kier alpha value is -4.36. The van der Waals surface area contributed by atoms with Gasteiger partial charge in [0.15, 0.2) is 11.6 Å². The van der Waals surface area contributed by atoms with Gasteiger partial charge in [-0.2, -0.15) is 0 Å². The van der Waals surface area contributed by atoms with Crippen LogP contribution >= 0.6 is 7.82 Å². The number of unbranched alkanes of at least 4 members (excludes halogenated alkanes) is 3. The molecule has 0 aliphatic rings. The van der Waals surface area contributed by atoms with Gasteiger partial charge in [0.05, 0.1) is 69.7 Å². The molecule has 0 radical (unpaired) electrons. The molecule has 2 rings (SSSR count). The summed E-state index contributed by atoms with van der Waals surface area (Å²) < 4.78 is 26.4. The SMILES string of the molecule is COCCOCCC(=O)N(CCCCCCc1ccccc1)CC(=O)N[C@@H](CC(C)C)C(=O)C[C@@H](Cc1cnc[nH]1)C(=O)N[C@@H](CO)C(=O)C[C@H](C(N)=O)[C@@H](C)OP(=O)(O)O. The number of rotatable bonds is 33. The second kappa shape index (κ2) is 28.3. The highest BCUT2D eigenvalue weighted by atomic mass is 31.2. The van der Waals surface area contributed by atoms with Gasteiger partial charge in [-0.15, -0.1) is 0 Å². The number of hydrogen-bond acceptors (Lipinski definition) is 12. The lowest BCUT2D eigenvalue weighted by atomic mass is 9.89. The first-order valence-corrected chi connectivity index (χ1v) is 22.1. The van der Waals surface area contributed by atoms with Gasteiger partial charge in [-0.1, -0.05) is 57.0 Å². The number of H-pyrrole nitrogens is 1. The molecule has 20 heteroatoms. The van der Waals surface area contributed by atoms with Crippen molar-refractivity contribution >= 4 is 43.0 Å². The molecular weight excluding hydrogens is 815 g/mol. The van der Waals surface area contributed by atoms with E-state index in [1.54, 1.807) is 7.11 Å². The number of primary amides is 1. The number of carbonyl (C=O) groups excluding carboxylic acids is 6. The third kappa shape index (κ3) is 21.8. The summed E-state index contributed by atoms with van der Waals surface area (Å²) in [5.41, 5.74) is 7.10. The monoisotopic (exact) mass is 880 g/mol. The molecule has 0 bridgehead atoms. The van der Waals surface area contributed by atoms with Crippen molar-refractivity contribution in [2.45, 2.75) is 103 Å². The minimum absolute atomic E-state index is 0.0461. The van der Waals surface area contributed by atoms with Gasteiger partial charge in [0.1, 0.15) is 6.04 Å². The lowest BCUT2D eigenvalue weighted by molar-refractivity contribution is -0.138. The van der Waals surface area contributed by atoms with Crippen LogP contribution in [0.4, 0.5) is 0 Å². The number of aliphatic hydroxyl groups is 1. The number of aryl methyl sites for hydroxylation is 1. The van der Waals surface area contributed by atoms with E-state index < -0.39 is 86.6 Å². The highest BCUT2D eigenvalue weighted by Gasteiger charge is 2.35. The molecule has 1 aromatic heterocycles. The lowest BCUT2D eigenvalue weighted by Crippen LogP contribution is -2.50. The highest BCUT2D eigenvalue weighted by Crippen LogP contribution is 2.39. The van der Waals surface area contributed by atoms with E-state index in [1.807, 2.05) is 32.0 Å². The zero-order valence-electron chi connectivity index (χ0n) is 35.7. The molecule has 1 aromatic carbocycles. The largest absolute Gasteiger partial charge is 0.469 e. The summed E-state index contributed by atoms with van der Waals surface area (Å²) >= 11 is 0. The van der Waals surface area contributed by atoms with Crippen molar-refractivity contribution in [1.29, 1.82) is 0 Å². The summed E-state index contributed by atoms with van der Waals surface area (Å²) in [4.78, 5) is 107. The molecule has 0 saturated carbocycles. The van der Waals surface area contributed by atoms with Gasteiger partial charge in [-0.05, 0) is 44.1 Å². The average Bonchev–Trinajstić information content (AvgIpc) is 3.71. The molecule has 1 heterocycles. The van der Waals surface area contributed by atoms with Crippen LogP contribution in [0, 0.1) is 17.8 Å². The van der Waals surface area contributed by atoms with Crippen LogP contribution in [0.2, 0.25) is 0 Å². The first-order valence-electron chi connectivity index (χ1n) is 20.6. The quantitative estimate of drug-likeness (QED) is 0.0398. The van der Waals surface area contributed by atoms with E-state index in [9.17, 15) is 38.4 Å². The van der Waals surface area contributed by atoms with Gasteiger partial charge in [0.2, 0.25) is 23.6 Å². The number of methoxy groups -OCH3 is 1. The fraction of sp³-hybridized carbons (Fsp3) is 0.634. The smallest absolute Gasteiger partial charge is 0.394 e. The van der Waals surface area contributed by atoms with Crippen LogP contribution in [-0.4, -0.2) is 130 Å². The number of benzene rings is 1. The zero-order valence-corrected chi connectivity index (χ0v) is 36.6. The number of nitrogens with zero attached hydrogens (tertiary/aromatic N) is 2. The minimum Gasteiger partial charge on any atom is -0.394 e. The average molecular weight is 881 g/mol. The molecule has 0 aliphatic carbocycles. The number of nitrogens with two attached hydrogens (primary N) is 1. The molecule has 0 saturated heterocycles. The number of ketones is 2. The van der Waals surface area contributed by atoms with Crippen LogP contribution in [0.5, 0.6) is 0 Å². The fourth-order valence-electron chi connectivity index (χ4n) is 6.61. The van der Waals surface area contributed by atoms with Crippen LogP contribution in [0.15, 0.2) is 42.9 Å². The molecule has 342 valence electrons. The maximum absolute atomic E-state index is 14.0. The Labute approximate surface area is 357 Å². The van der Waals surface area contributed by atoms with Gasteiger partial charge < -0.3 is 50.6 Å². The Kier molecular flexibility index (Phi) is 24.5. The molecule has 61 heavy (non-hydrogen) atoms. The highest BCUT2D eigenvalue weighted by molar-refractivity contribution is 7.46. The predicted molar refractivity (Wildman–Crippen MR) is 223 cm³/mol. The maximum Gasteiger partial charge on any atom is 0.469 e. The third-order valence-electron chi connectivity index (χ3n) is 9.88. The van der Waals surface area contributed by atoms with E-state index in [0.29, 0.717) is 31.9 Å². The summed E-state index contributed by atoms with van der Waals surface area (Å²) in [6, 6.07) is 7.53. The number of nitrogens with one attached hydrogen (secondary N) is 3. The van der Waals surface area contributed by atoms with Gasteiger partial charge in [-0.25, -0.2) is 9.55 Å². The van der Waals surface area contributed by atoms with Crippen LogP contribution in [-0.2, 0) is 60.2 Å². The number of hydrogen-bond donors (Lipinski definition) is 7. The van der Waals surface area contributed by atoms with E-state index in [-0.39, 0.29) is 44.2 Å². The summed E-state index contributed by atoms with van der Waals surface area (Å²) in [6.45, 7) is 4.80. The summed E-state index contributed by atoms with van der Waals surface area (Å²) in [5.74, 6) is -6.85. The van der Waals surface area contributed by atoms with Crippen molar-refractivity contribution in [1.82, 2.24) is 25.5 Å². The molecule has 0 unspecified atom stereocenters. The van der Waals surface area contributed by atoms with Gasteiger partial charge in [-0.3, -0.25) is 33.3 Å². The number of phosphoric ester groups is 1. The van der Waals surface area contributed by atoms with Crippen molar-refractivity contribution < 1.29 is 62.2 Å². The van der Waals surface area contributed by atoms with Crippen molar-refractivity contribution in [3.05, 3.63) is 54.1 Å². The predicted octanol–water partition coefficient (Wildman–Crippen LogP) is 1.78. The van der Waals surface area contributed by atoms with Crippen LogP contribution in [0.3, 0.4) is 0 Å². The third-order valence-corrected chi connectivity index (χ3v) is 10.5. The molecule has 5 atom stereocenters. The molecule has 0 fully saturated rings. The van der Waals surface area contributed by atoms with Crippen LogP contribution in [0.1, 0.15) is 83.4 Å². The molecule has 0 aliphatic heterocycles. The minimum atomic E-state index is -5.06. The summed E-state index contributed by atoms with van der Waals surface area (Å²) in [6.07, 6.45) is 4.78. The number of ether oxygens (including phenoxy) is 2. The van der Waals surface area contributed by atoms with Gasteiger partial charge >= 0.3 is 7.82 Å². The first-order chi connectivity index (χ1) is 28.9. The van der Waals surface area contributed by atoms with Gasteiger partial charge in [0.25, 0.3) is 0 Å². The van der Waals surface area contributed by atoms with Gasteiger partial charge in [0, 0.05) is 44.8 Å². The molecule has 8 N–H and O–H groups in total. The lowest BCUT2D eigenvalue weighted by Gasteiger charge is -2.26. The normalized spacial score (nSPS) is 14.1. The number of Topliss-reactive ketones (excluding diaryl/α,β-unsaturated/α-hetero) is 2. The summed E-state index contributed by atoms with van der Waals surface area (Å²) in [5, 5.41) is 15.3.